The molecule has 1 aromatic rings. The molecule has 0 spiro atoms. The van der Waals surface area contributed by atoms with Gasteiger partial charge in [0.1, 0.15) is 6.54 Å². The number of carbonyl (C=O) groups excluding carboxylic acids is 3. The molecule has 0 fully saturated rings. The maximum absolute atomic E-state index is 12.1. The summed E-state index contributed by atoms with van der Waals surface area (Å²) in [6, 6.07) is 9.25. The van der Waals surface area contributed by atoms with Crippen LogP contribution in [0.2, 0.25) is 0 Å². The van der Waals surface area contributed by atoms with Crippen molar-refractivity contribution < 1.29 is 14.4 Å². The molecule has 0 aromatic heterocycles. The topological polar surface area (TPSA) is 57.7 Å². The van der Waals surface area contributed by atoms with Crippen LogP contribution in [0.1, 0.15) is 25.3 Å². The third kappa shape index (κ3) is 5.51. The lowest BCUT2D eigenvalue weighted by Gasteiger charge is -2.26. The summed E-state index contributed by atoms with van der Waals surface area (Å²) < 4.78 is 0.985. The molecule has 111 valence electrons. The van der Waals surface area contributed by atoms with Gasteiger partial charge in [-0.05, 0) is 18.1 Å². The van der Waals surface area contributed by atoms with Crippen LogP contribution in [0, 0.1) is 0 Å². The van der Waals surface area contributed by atoms with Gasteiger partial charge in [-0.1, -0.05) is 37.3 Å². The van der Waals surface area contributed by atoms with E-state index in [0.717, 1.165) is 14.6 Å². The Kier molecular flexibility index (Phi) is 7.39. The fourth-order valence-electron chi connectivity index (χ4n) is 1.55. The van der Waals surface area contributed by atoms with Crippen molar-refractivity contribution in [1.29, 1.82) is 0 Å². The van der Waals surface area contributed by atoms with E-state index >= 15 is 0 Å². The van der Waals surface area contributed by atoms with Gasteiger partial charge in [-0.25, -0.2) is 5.01 Å². The van der Waals surface area contributed by atoms with E-state index in [-0.39, 0.29) is 18.9 Å². The second-order valence-electron chi connectivity index (χ2n) is 4.19. The molecule has 0 aliphatic carbocycles. The average molecular weight is 352 g/mol. The Hall–Kier alpha value is -1.95. The molecule has 2 amide bonds. The minimum atomic E-state index is -0.483. The molecular weight excluding hydrogens is 336 g/mol. The normalized spacial score (nSPS) is 10.4. The summed E-state index contributed by atoms with van der Waals surface area (Å²) in [6.07, 6.45) is 5.46. The van der Waals surface area contributed by atoms with Gasteiger partial charge < -0.3 is 0 Å². The van der Waals surface area contributed by atoms with Gasteiger partial charge in [-0.15, -0.1) is 0 Å². The third-order valence-electron chi connectivity index (χ3n) is 2.57. The highest BCUT2D eigenvalue weighted by Crippen LogP contribution is 2.10. The Bertz CT molecular complexity index is 517. The van der Waals surface area contributed by atoms with Crippen LogP contribution in [0.15, 0.2) is 36.4 Å². The minimum absolute atomic E-state index is 0.274. The van der Waals surface area contributed by atoms with Crippen LogP contribution in [0.25, 0.3) is 6.08 Å². The van der Waals surface area contributed by atoms with Crippen molar-refractivity contribution in [3.63, 3.8) is 0 Å². The van der Waals surface area contributed by atoms with Crippen LogP contribution in [-0.4, -0.2) is 33.7 Å². The molecule has 1 radical (unpaired) electrons. The van der Waals surface area contributed by atoms with Crippen molar-refractivity contribution in [2.45, 2.75) is 19.8 Å². The minimum Gasteiger partial charge on any atom is -0.289 e. The predicted molar refractivity (Wildman–Crippen MR) is 83.6 cm³/mol. The van der Waals surface area contributed by atoms with E-state index < -0.39 is 5.91 Å². The van der Waals surface area contributed by atoms with Crippen LogP contribution >= 0.6 is 16.1 Å². The predicted octanol–water partition coefficient (Wildman–Crippen LogP) is 2.49. The average Bonchev–Trinajstić information content (AvgIpc) is 2.51. The van der Waals surface area contributed by atoms with E-state index in [1.54, 1.807) is 12.4 Å². The summed E-state index contributed by atoms with van der Waals surface area (Å²) in [6.45, 7) is 1.53. The highest BCUT2D eigenvalue weighted by molar-refractivity contribution is 9.07. The lowest BCUT2D eigenvalue weighted by atomic mass is 10.2. The van der Waals surface area contributed by atoms with Gasteiger partial charge in [0.05, 0.1) is 16.1 Å². The first-order valence-corrected chi connectivity index (χ1v) is 7.19. The van der Waals surface area contributed by atoms with Crippen LogP contribution < -0.4 is 0 Å². The monoisotopic (exact) mass is 351 g/mol. The SMILES string of the molecule is CCCC(=O)N(Br)N(C[C]=O)C(=O)C=Cc1ccccc1. The Morgan fingerprint density at radius 1 is 1.29 bits per heavy atom. The molecule has 0 saturated heterocycles. The maximum Gasteiger partial charge on any atom is 0.266 e. The number of nitrogens with zero attached hydrogens (tertiary/aromatic N) is 2. The molecule has 0 atom stereocenters. The zero-order valence-electron chi connectivity index (χ0n) is 11.7. The summed E-state index contributed by atoms with van der Waals surface area (Å²) in [7, 11) is 0. The van der Waals surface area contributed by atoms with Crippen molar-refractivity contribution >= 4 is 40.3 Å². The molecule has 5 nitrogen and oxygen atoms in total. The zero-order valence-corrected chi connectivity index (χ0v) is 13.2. The highest BCUT2D eigenvalue weighted by Gasteiger charge is 2.22. The molecule has 1 rings (SSSR count). The van der Waals surface area contributed by atoms with Crippen molar-refractivity contribution in [1.82, 2.24) is 9.04 Å². The first-order valence-electron chi connectivity index (χ1n) is 6.48. The van der Waals surface area contributed by atoms with Crippen LogP contribution in [0.5, 0.6) is 0 Å². The number of carbonyl (C=O) groups is 2. The number of halogens is 1. The fourth-order valence-corrected chi connectivity index (χ4v) is 1.99. The molecule has 0 bridgehead atoms. The number of amides is 2. The largest absolute Gasteiger partial charge is 0.289 e. The van der Waals surface area contributed by atoms with Gasteiger partial charge in [0, 0.05) is 12.5 Å². The van der Waals surface area contributed by atoms with Crippen molar-refractivity contribution in [2.75, 3.05) is 6.54 Å². The van der Waals surface area contributed by atoms with Crippen molar-refractivity contribution in [3.05, 3.63) is 42.0 Å². The Morgan fingerprint density at radius 3 is 2.52 bits per heavy atom. The zero-order chi connectivity index (χ0) is 15.7. The summed E-state index contributed by atoms with van der Waals surface area (Å²) >= 11 is 3.01. The summed E-state index contributed by atoms with van der Waals surface area (Å²) in [5, 5.41) is 0.991. The molecule has 0 N–H and O–H groups in total. The smallest absolute Gasteiger partial charge is 0.266 e. The molecule has 21 heavy (non-hydrogen) atoms. The fraction of sp³-hybridized carbons (Fsp3) is 0.267. The van der Waals surface area contributed by atoms with Crippen LogP contribution in [0.3, 0.4) is 0 Å². The third-order valence-corrected chi connectivity index (χ3v) is 3.35. The summed E-state index contributed by atoms with van der Waals surface area (Å²) in [5.74, 6) is -0.780. The molecule has 0 unspecified atom stereocenters. The van der Waals surface area contributed by atoms with E-state index in [1.165, 1.54) is 6.08 Å². The van der Waals surface area contributed by atoms with Crippen molar-refractivity contribution in [2.24, 2.45) is 0 Å². The molecular formula is C15H16BrN2O3. The van der Waals surface area contributed by atoms with E-state index in [0.29, 0.717) is 6.42 Å². The van der Waals surface area contributed by atoms with Gasteiger partial charge in [-0.2, -0.15) is 4.03 Å². The van der Waals surface area contributed by atoms with Crippen LogP contribution in [-0.2, 0) is 14.4 Å². The standard InChI is InChI=1S/C15H16BrN2O3/c1-2-6-15(21)18(16)17(11-12-19)14(20)10-9-13-7-4-3-5-8-13/h3-5,7-10H,2,6,11H2,1H3. The molecule has 0 aliphatic rings. The van der Waals surface area contributed by atoms with Crippen LogP contribution in [0.4, 0.5) is 0 Å². The molecule has 0 saturated carbocycles. The van der Waals surface area contributed by atoms with E-state index in [9.17, 15) is 14.4 Å². The second-order valence-corrected chi connectivity index (χ2v) is 4.86. The quantitative estimate of drug-likeness (QED) is 0.449. The number of hydrogen-bond acceptors (Lipinski definition) is 3. The molecule has 1 aromatic carbocycles. The van der Waals surface area contributed by atoms with Gasteiger partial charge in [0.2, 0.25) is 6.29 Å². The first-order chi connectivity index (χ1) is 10.1. The summed E-state index contributed by atoms with van der Waals surface area (Å²) in [5.41, 5.74) is 0.849. The molecule has 6 heteroatoms. The van der Waals surface area contributed by atoms with E-state index in [4.69, 9.17) is 0 Å². The number of hydrogen-bond donors (Lipinski definition) is 0. The van der Waals surface area contributed by atoms with Gasteiger partial charge in [-0.3, -0.25) is 14.4 Å². The number of rotatable bonds is 6. The molecule has 0 heterocycles. The molecule has 0 aliphatic heterocycles. The van der Waals surface area contributed by atoms with Crippen molar-refractivity contribution in [3.8, 4) is 0 Å². The summed E-state index contributed by atoms with van der Waals surface area (Å²) in [4.78, 5) is 34.4. The Morgan fingerprint density at radius 2 is 1.95 bits per heavy atom. The maximum atomic E-state index is 12.1. The Balaban J connectivity index is 2.80. The second kappa shape index (κ2) is 9.07. The number of hydrazine groups is 1. The van der Waals surface area contributed by atoms with E-state index in [2.05, 4.69) is 16.1 Å². The van der Waals surface area contributed by atoms with E-state index in [1.807, 2.05) is 37.3 Å². The lowest BCUT2D eigenvalue weighted by Crippen LogP contribution is -2.44. The lowest BCUT2D eigenvalue weighted by molar-refractivity contribution is -0.146. The first kappa shape index (κ1) is 17.1. The highest BCUT2D eigenvalue weighted by atomic mass is 79.9. The van der Waals surface area contributed by atoms with Gasteiger partial charge in [0.15, 0.2) is 0 Å². The van der Waals surface area contributed by atoms with Gasteiger partial charge in [0.25, 0.3) is 11.8 Å². The Labute approximate surface area is 132 Å². The number of benzene rings is 1. The van der Waals surface area contributed by atoms with Gasteiger partial charge >= 0.3 is 0 Å².